The third-order valence-corrected chi connectivity index (χ3v) is 4.14. The van der Waals surface area contributed by atoms with Crippen LogP contribution in [0.25, 0.3) is 5.65 Å². The number of amides is 1. The summed E-state index contributed by atoms with van der Waals surface area (Å²) in [6, 6.07) is 5.31. The summed E-state index contributed by atoms with van der Waals surface area (Å²) in [5.41, 5.74) is 5.96. The Bertz CT molecular complexity index is 725. The predicted octanol–water partition coefficient (Wildman–Crippen LogP) is 0.552. The van der Waals surface area contributed by atoms with Gasteiger partial charge in [0.1, 0.15) is 11.2 Å². The van der Waals surface area contributed by atoms with E-state index in [4.69, 9.17) is 5.73 Å². The van der Waals surface area contributed by atoms with Crippen molar-refractivity contribution in [3.63, 3.8) is 0 Å². The SMILES string of the molecule is NCC1CCCC1NC(=O)c1cnc2ccccn2c1=O. The van der Waals surface area contributed by atoms with Crippen LogP contribution in [0, 0.1) is 5.92 Å². The van der Waals surface area contributed by atoms with Gasteiger partial charge in [-0.25, -0.2) is 4.98 Å². The topological polar surface area (TPSA) is 89.5 Å². The maximum absolute atomic E-state index is 12.3. The highest BCUT2D eigenvalue weighted by Gasteiger charge is 2.28. The van der Waals surface area contributed by atoms with Crippen molar-refractivity contribution in [1.82, 2.24) is 14.7 Å². The van der Waals surface area contributed by atoms with Crippen LogP contribution in [0.5, 0.6) is 0 Å². The maximum atomic E-state index is 12.3. The smallest absolute Gasteiger partial charge is 0.270 e. The Hall–Kier alpha value is -2.21. The molecule has 1 fully saturated rings. The Labute approximate surface area is 122 Å². The van der Waals surface area contributed by atoms with Crippen molar-refractivity contribution in [3.8, 4) is 0 Å². The van der Waals surface area contributed by atoms with Gasteiger partial charge in [0.25, 0.3) is 11.5 Å². The lowest BCUT2D eigenvalue weighted by Crippen LogP contribution is -2.42. The van der Waals surface area contributed by atoms with Crippen LogP contribution in [0.3, 0.4) is 0 Å². The number of nitrogens with two attached hydrogens (primary N) is 1. The molecule has 0 aliphatic heterocycles. The molecule has 2 atom stereocenters. The molecule has 110 valence electrons. The highest BCUT2D eigenvalue weighted by molar-refractivity contribution is 5.94. The van der Waals surface area contributed by atoms with E-state index >= 15 is 0 Å². The fraction of sp³-hybridized carbons (Fsp3) is 0.400. The van der Waals surface area contributed by atoms with E-state index in [0.717, 1.165) is 19.3 Å². The van der Waals surface area contributed by atoms with Gasteiger partial charge in [-0.2, -0.15) is 0 Å². The van der Waals surface area contributed by atoms with Crippen molar-refractivity contribution < 1.29 is 4.79 Å². The van der Waals surface area contributed by atoms with Crippen LogP contribution in [-0.4, -0.2) is 27.9 Å². The lowest BCUT2D eigenvalue weighted by atomic mass is 10.0. The Balaban J connectivity index is 1.88. The number of hydrogen-bond donors (Lipinski definition) is 2. The number of aromatic nitrogens is 2. The van der Waals surface area contributed by atoms with Crippen LogP contribution in [0.4, 0.5) is 0 Å². The number of carbonyl (C=O) groups is 1. The second-order valence-corrected chi connectivity index (χ2v) is 5.41. The Morgan fingerprint density at radius 1 is 1.43 bits per heavy atom. The first-order chi connectivity index (χ1) is 10.2. The molecular weight excluding hydrogens is 268 g/mol. The molecule has 3 rings (SSSR count). The number of rotatable bonds is 3. The van der Waals surface area contributed by atoms with E-state index in [0.29, 0.717) is 18.1 Å². The van der Waals surface area contributed by atoms with Crippen LogP contribution in [0.1, 0.15) is 29.6 Å². The number of carbonyl (C=O) groups excluding carboxylic acids is 1. The van der Waals surface area contributed by atoms with E-state index in [1.54, 1.807) is 24.4 Å². The fourth-order valence-electron chi connectivity index (χ4n) is 2.94. The van der Waals surface area contributed by atoms with E-state index < -0.39 is 0 Å². The maximum Gasteiger partial charge on any atom is 0.270 e. The minimum Gasteiger partial charge on any atom is -0.349 e. The van der Waals surface area contributed by atoms with Gasteiger partial charge in [0.2, 0.25) is 0 Å². The lowest BCUT2D eigenvalue weighted by Gasteiger charge is -2.19. The highest BCUT2D eigenvalue weighted by atomic mass is 16.2. The number of fused-ring (bicyclic) bond motifs is 1. The van der Waals surface area contributed by atoms with Gasteiger partial charge in [-0.15, -0.1) is 0 Å². The van der Waals surface area contributed by atoms with Crippen LogP contribution < -0.4 is 16.6 Å². The van der Waals surface area contributed by atoms with Crippen molar-refractivity contribution in [2.75, 3.05) is 6.54 Å². The Morgan fingerprint density at radius 3 is 3.10 bits per heavy atom. The molecule has 0 radical (unpaired) electrons. The molecule has 1 saturated carbocycles. The average Bonchev–Trinajstić information content (AvgIpc) is 2.95. The minimum absolute atomic E-state index is 0.0540. The summed E-state index contributed by atoms with van der Waals surface area (Å²) >= 11 is 0. The average molecular weight is 286 g/mol. The lowest BCUT2D eigenvalue weighted by molar-refractivity contribution is 0.0926. The zero-order valence-corrected chi connectivity index (χ0v) is 11.7. The van der Waals surface area contributed by atoms with Gasteiger partial charge < -0.3 is 11.1 Å². The molecule has 2 heterocycles. The van der Waals surface area contributed by atoms with Crippen molar-refractivity contribution >= 4 is 11.6 Å². The molecule has 1 aliphatic carbocycles. The number of nitrogens with one attached hydrogen (secondary N) is 1. The van der Waals surface area contributed by atoms with Crippen LogP contribution >= 0.6 is 0 Å². The van der Waals surface area contributed by atoms with E-state index in [9.17, 15) is 9.59 Å². The highest BCUT2D eigenvalue weighted by Crippen LogP contribution is 2.24. The quantitative estimate of drug-likeness (QED) is 0.862. The molecule has 0 spiro atoms. The summed E-state index contributed by atoms with van der Waals surface area (Å²) in [4.78, 5) is 28.8. The number of hydrogen-bond acceptors (Lipinski definition) is 4. The molecule has 1 aliphatic rings. The summed E-state index contributed by atoms with van der Waals surface area (Å²) in [7, 11) is 0. The van der Waals surface area contributed by atoms with Crippen molar-refractivity contribution in [3.05, 3.63) is 46.5 Å². The molecule has 6 heteroatoms. The second-order valence-electron chi connectivity index (χ2n) is 5.41. The molecular formula is C15H18N4O2. The van der Waals surface area contributed by atoms with Gasteiger partial charge in [0, 0.05) is 18.4 Å². The van der Waals surface area contributed by atoms with Crippen molar-refractivity contribution in [1.29, 1.82) is 0 Å². The predicted molar refractivity (Wildman–Crippen MR) is 79.1 cm³/mol. The summed E-state index contributed by atoms with van der Waals surface area (Å²) in [5, 5.41) is 2.93. The van der Waals surface area contributed by atoms with E-state index in [1.807, 2.05) is 0 Å². The summed E-state index contributed by atoms with van der Waals surface area (Å²) in [5.74, 6) is -0.0683. The molecule has 0 aromatic carbocycles. The van der Waals surface area contributed by atoms with E-state index in [2.05, 4.69) is 10.3 Å². The monoisotopic (exact) mass is 286 g/mol. The molecule has 3 N–H and O–H groups in total. The first kappa shape index (κ1) is 13.8. The Morgan fingerprint density at radius 2 is 2.29 bits per heavy atom. The molecule has 0 saturated heterocycles. The third-order valence-electron chi connectivity index (χ3n) is 4.14. The van der Waals surface area contributed by atoms with Crippen LogP contribution in [0.15, 0.2) is 35.4 Å². The molecule has 2 aromatic rings. The standard InChI is InChI=1S/C15H18N4O2/c16-8-10-4-3-5-12(10)18-14(20)11-9-17-13-6-1-2-7-19(13)15(11)21/h1-2,6-7,9-10,12H,3-5,8,16H2,(H,18,20). The zero-order chi connectivity index (χ0) is 14.8. The first-order valence-electron chi connectivity index (χ1n) is 7.18. The van der Waals surface area contributed by atoms with Gasteiger partial charge in [-0.1, -0.05) is 12.5 Å². The van der Waals surface area contributed by atoms with Gasteiger partial charge in [-0.05, 0) is 37.4 Å². The molecule has 2 aromatic heterocycles. The van der Waals surface area contributed by atoms with Crippen molar-refractivity contribution in [2.24, 2.45) is 11.7 Å². The van der Waals surface area contributed by atoms with E-state index in [1.165, 1.54) is 10.6 Å². The molecule has 21 heavy (non-hydrogen) atoms. The second kappa shape index (κ2) is 5.65. The third kappa shape index (κ3) is 2.54. The van der Waals surface area contributed by atoms with Gasteiger partial charge in [0.05, 0.1) is 0 Å². The minimum atomic E-state index is -0.365. The van der Waals surface area contributed by atoms with E-state index in [-0.39, 0.29) is 23.1 Å². The number of nitrogens with zero attached hydrogens (tertiary/aromatic N) is 2. The summed E-state index contributed by atoms with van der Waals surface area (Å²) in [6.07, 6.45) is 5.95. The normalized spacial score (nSPS) is 21.6. The zero-order valence-electron chi connectivity index (χ0n) is 11.7. The molecule has 2 unspecified atom stereocenters. The van der Waals surface area contributed by atoms with Gasteiger partial charge >= 0.3 is 0 Å². The molecule has 1 amide bonds. The number of pyridine rings is 1. The molecule has 6 nitrogen and oxygen atoms in total. The van der Waals surface area contributed by atoms with Crippen LogP contribution in [0.2, 0.25) is 0 Å². The summed E-state index contributed by atoms with van der Waals surface area (Å²) in [6.45, 7) is 0.555. The largest absolute Gasteiger partial charge is 0.349 e. The van der Waals surface area contributed by atoms with Crippen LogP contribution in [-0.2, 0) is 0 Å². The first-order valence-corrected chi connectivity index (χ1v) is 7.18. The van der Waals surface area contributed by atoms with Crippen molar-refractivity contribution in [2.45, 2.75) is 25.3 Å². The molecule has 0 bridgehead atoms. The summed E-state index contributed by atoms with van der Waals surface area (Å²) < 4.78 is 1.38. The van der Waals surface area contributed by atoms with Gasteiger partial charge in [-0.3, -0.25) is 14.0 Å². The fourth-order valence-corrected chi connectivity index (χ4v) is 2.94. The van der Waals surface area contributed by atoms with Gasteiger partial charge in [0.15, 0.2) is 0 Å². The Kier molecular flexibility index (Phi) is 3.70.